The molecule has 1 atom stereocenters. The summed E-state index contributed by atoms with van der Waals surface area (Å²) in [4.78, 5) is 25.4. The molecular weight excluding hydrogens is 386 g/mol. The van der Waals surface area contributed by atoms with E-state index in [2.05, 4.69) is 15.4 Å². The first-order chi connectivity index (χ1) is 12.7. The monoisotopic (exact) mass is 405 g/mol. The van der Waals surface area contributed by atoms with Gasteiger partial charge in [0, 0.05) is 16.1 Å². The second kappa shape index (κ2) is 7.34. The van der Waals surface area contributed by atoms with Crippen molar-refractivity contribution < 1.29 is 18.0 Å². The van der Waals surface area contributed by atoms with Crippen molar-refractivity contribution >= 4 is 45.0 Å². The first-order valence-corrected chi connectivity index (χ1v) is 10.5. The number of carbonyl (C=O) groups excluding carboxylic acids is 2. The van der Waals surface area contributed by atoms with Crippen molar-refractivity contribution in [3.63, 3.8) is 0 Å². The molecule has 2 amide bonds. The molecule has 7 nitrogen and oxygen atoms in total. The third-order valence-electron chi connectivity index (χ3n) is 4.18. The lowest BCUT2D eigenvalue weighted by Gasteiger charge is -2.21. The summed E-state index contributed by atoms with van der Waals surface area (Å²) in [5, 5.41) is 5.30. The van der Waals surface area contributed by atoms with Crippen LogP contribution in [0.3, 0.4) is 0 Å². The predicted molar refractivity (Wildman–Crippen MR) is 106 cm³/mol. The third-order valence-corrected chi connectivity index (χ3v) is 6.91. The van der Waals surface area contributed by atoms with E-state index in [1.54, 1.807) is 37.3 Å². The van der Waals surface area contributed by atoms with Gasteiger partial charge in [0.05, 0.1) is 15.8 Å². The number of thioether (sulfide) groups is 1. The van der Waals surface area contributed by atoms with Gasteiger partial charge in [0.25, 0.3) is 5.91 Å². The fourth-order valence-corrected chi connectivity index (χ4v) is 4.55. The number of hydrogen-bond donors (Lipinski definition) is 3. The number of sulfonamides is 1. The van der Waals surface area contributed by atoms with E-state index in [0.29, 0.717) is 22.5 Å². The van der Waals surface area contributed by atoms with Crippen LogP contribution in [-0.4, -0.2) is 32.5 Å². The molecule has 0 aromatic heterocycles. The van der Waals surface area contributed by atoms with Crippen LogP contribution >= 0.6 is 11.8 Å². The number of benzene rings is 2. The number of amides is 2. The average Bonchev–Trinajstić information content (AvgIpc) is 2.63. The van der Waals surface area contributed by atoms with Gasteiger partial charge >= 0.3 is 0 Å². The molecule has 9 heteroatoms. The molecule has 0 bridgehead atoms. The zero-order chi connectivity index (χ0) is 19.8. The van der Waals surface area contributed by atoms with Crippen molar-refractivity contribution in [2.75, 3.05) is 17.7 Å². The summed E-state index contributed by atoms with van der Waals surface area (Å²) < 4.78 is 26.4. The van der Waals surface area contributed by atoms with Crippen molar-refractivity contribution in [1.82, 2.24) is 4.72 Å². The van der Waals surface area contributed by atoms with Crippen LogP contribution in [0.4, 0.5) is 11.4 Å². The number of nitrogens with one attached hydrogen (secondary N) is 3. The van der Waals surface area contributed by atoms with Crippen molar-refractivity contribution in [2.24, 2.45) is 0 Å². The Bertz CT molecular complexity index is 1030. The van der Waals surface area contributed by atoms with E-state index >= 15 is 0 Å². The maximum absolute atomic E-state index is 12.6. The highest BCUT2D eigenvalue weighted by molar-refractivity contribution is 8.01. The Balaban J connectivity index is 1.85. The Morgan fingerprint density at radius 2 is 1.93 bits per heavy atom. The van der Waals surface area contributed by atoms with Crippen molar-refractivity contribution in [2.45, 2.75) is 28.9 Å². The summed E-state index contributed by atoms with van der Waals surface area (Å²) in [5.41, 5.74) is 1.90. The molecule has 3 rings (SSSR count). The molecular formula is C18H19N3O4S2. The molecule has 0 fully saturated rings. The minimum Gasteiger partial charge on any atom is -0.324 e. The van der Waals surface area contributed by atoms with E-state index in [1.807, 2.05) is 6.92 Å². The van der Waals surface area contributed by atoms with Crippen molar-refractivity contribution in [3.05, 3.63) is 47.5 Å². The largest absolute Gasteiger partial charge is 0.324 e. The molecule has 0 unspecified atom stereocenters. The standard InChI is InChI=1S/C18H19N3O4S2/c1-10-4-6-13(9-16(10)27(24,25)19-3)20-18(23)12-5-7-15-14(8-12)21-17(22)11(2)26-15/h4-9,11,19H,1-3H3,(H,20,23)(H,21,22)/t11-/m0/s1. The van der Waals surface area contributed by atoms with Gasteiger partial charge in [0.15, 0.2) is 0 Å². The summed E-state index contributed by atoms with van der Waals surface area (Å²) >= 11 is 1.44. The highest BCUT2D eigenvalue weighted by atomic mass is 32.2. The maximum Gasteiger partial charge on any atom is 0.255 e. The van der Waals surface area contributed by atoms with Gasteiger partial charge in [-0.3, -0.25) is 9.59 Å². The van der Waals surface area contributed by atoms with Gasteiger partial charge in [0.1, 0.15) is 0 Å². The quantitative estimate of drug-likeness (QED) is 0.725. The molecule has 3 N–H and O–H groups in total. The van der Waals surface area contributed by atoms with E-state index in [-0.39, 0.29) is 16.1 Å². The Labute approximate surface area is 162 Å². The van der Waals surface area contributed by atoms with Crippen LogP contribution in [0.1, 0.15) is 22.8 Å². The molecule has 1 aliphatic heterocycles. The lowest BCUT2D eigenvalue weighted by Crippen LogP contribution is -2.26. The molecule has 142 valence electrons. The zero-order valence-electron chi connectivity index (χ0n) is 15.0. The Morgan fingerprint density at radius 1 is 1.19 bits per heavy atom. The summed E-state index contributed by atoms with van der Waals surface area (Å²) in [6, 6.07) is 9.75. The Morgan fingerprint density at radius 3 is 2.63 bits per heavy atom. The van der Waals surface area contributed by atoms with Crippen LogP contribution in [0, 0.1) is 6.92 Å². The first kappa shape index (κ1) is 19.4. The number of rotatable bonds is 4. The van der Waals surface area contributed by atoms with Gasteiger partial charge in [-0.1, -0.05) is 6.07 Å². The number of carbonyl (C=O) groups is 2. The lowest BCUT2D eigenvalue weighted by atomic mass is 10.1. The van der Waals surface area contributed by atoms with Gasteiger partial charge in [0.2, 0.25) is 15.9 Å². The van der Waals surface area contributed by atoms with Crippen molar-refractivity contribution in [3.8, 4) is 0 Å². The van der Waals surface area contributed by atoms with Crippen LogP contribution in [0.5, 0.6) is 0 Å². The number of aryl methyl sites for hydroxylation is 1. The SMILES string of the molecule is CNS(=O)(=O)c1cc(NC(=O)c2ccc3c(c2)NC(=O)[C@H](C)S3)ccc1C. The normalized spacial score (nSPS) is 16.4. The van der Waals surface area contributed by atoms with E-state index in [0.717, 1.165) is 4.90 Å². The summed E-state index contributed by atoms with van der Waals surface area (Å²) in [6.45, 7) is 3.50. The molecule has 27 heavy (non-hydrogen) atoms. The number of hydrogen-bond acceptors (Lipinski definition) is 5. The predicted octanol–water partition coefficient (Wildman–Crippen LogP) is 2.59. The van der Waals surface area contributed by atoms with Gasteiger partial charge in [-0.25, -0.2) is 13.1 Å². The minimum atomic E-state index is -3.63. The van der Waals surface area contributed by atoms with Gasteiger partial charge in [-0.05, 0) is 56.8 Å². The highest BCUT2D eigenvalue weighted by Gasteiger charge is 2.24. The first-order valence-electron chi connectivity index (χ1n) is 8.18. The molecule has 0 spiro atoms. The minimum absolute atomic E-state index is 0.103. The molecule has 0 aliphatic carbocycles. The smallest absolute Gasteiger partial charge is 0.255 e. The fraction of sp³-hybridized carbons (Fsp3) is 0.222. The molecule has 2 aromatic carbocycles. The summed E-state index contributed by atoms with van der Waals surface area (Å²) in [5.74, 6) is -0.502. The second-order valence-electron chi connectivity index (χ2n) is 6.10. The second-order valence-corrected chi connectivity index (χ2v) is 9.34. The van der Waals surface area contributed by atoms with Crippen molar-refractivity contribution in [1.29, 1.82) is 0 Å². The third kappa shape index (κ3) is 4.00. The van der Waals surface area contributed by atoms with Gasteiger partial charge in [-0.15, -0.1) is 11.8 Å². The topological polar surface area (TPSA) is 104 Å². The molecule has 1 heterocycles. The van der Waals surface area contributed by atoms with Gasteiger partial charge in [-0.2, -0.15) is 0 Å². The zero-order valence-corrected chi connectivity index (χ0v) is 16.6. The molecule has 0 radical (unpaired) electrons. The maximum atomic E-state index is 12.6. The van der Waals surface area contributed by atoms with Crippen LogP contribution in [0.2, 0.25) is 0 Å². The van der Waals surface area contributed by atoms with E-state index in [1.165, 1.54) is 24.9 Å². The lowest BCUT2D eigenvalue weighted by molar-refractivity contribution is -0.115. The Kier molecular flexibility index (Phi) is 5.27. The summed E-state index contributed by atoms with van der Waals surface area (Å²) in [6.07, 6.45) is 0. The van der Waals surface area contributed by atoms with Crippen LogP contribution in [0.15, 0.2) is 46.2 Å². The fourth-order valence-electron chi connectivity index (χ4n) is 2.63. The van der Waals surface area contributed by atoms with Crippen LogP contribution in [-0.2, 0) is 14.8 Å². The molecule has 0 saturated carbocycles. The molecule has 2 aromatic rings. The van der Waals surface area contributed by atoms with E-state index in [4.69, 9.17) is 0 Å². The van der Waals surface area contributed by atoms with Gasteiger partial charge < -0.3 is 10.6 Å². The average molecular weight is 406 g/mol. The summed E-state index contributed by atoms with van der Waals surface area (Å²) in [7, 11) is -2.29. The molecule has 0 saturated heterocycles. The highest BCUT2D eigenvalue weighted by Crippen LogP contribution is 2.36. The van der Waals surface area contributed by atoms with E-state index in [9.17, 15) is 18.0 Å². The number of anilines is 2. The molecule has 1 aliphatic rings. The van der Waals surface area contributed by atoms with E-state index < -0.39 is 15.9 Å². The van der Waals surface area contributed by atoms with Crippen LogP contribution < -0.4 is 15.4 Å². The Hall–Kier alpha value is -2.36. The number of fused-ring (bicyclic) bond motifs is 1. The van der Waals surface area contributed by atoms with Crippen LogP contribution in [0.25, 0.3) is 0 Å².